The van der Waals surface area contributed by atoms with Gasteiger partial charge in [0.1, 0.15) is 16.5 Å². The molecule has 0 unspecified atom stereocenters. The monoisotopic (exact) mass is 421 g/mol. The van der Waals surface area contributed by atoms with Crippen molar-refractivity contribution in [2.24, 2.45) is 0 Å². The third kappa shape index (κ3) is 5.33. The number of imidazole rings is 1. The maximum absolute atomic E-state index is 12.8. The minimum Gasteiger partial charge on any atom is -0.475 e. The van der Waals surface area contributed by atoms with Gasteiger partial charge in [0.2, 0.25) is 0 Å². The lowest BCUT2D eigenvalue weighted by atomic mass is 10.3. The Bertz CT molecular complexity index is 1100. The summed E-state index contributed by atoms with van der Waals surface area (Å²) in [4.78, 5) is 15.6. The van der Waals surface area contributed by atoms with Crippen LogP contribution >= 0.6 is 0 Å². The van der Waals surface area contributed by atoms with Crippen LogP contribution in [0, 0.1) is 5.82 Å². The van der Waals surface area contributed by atoms with Crippen LogP contribution in [0.4, 0.5) is 23.5 Å². The Hall–Kier alpha value is -3.35. The van der Waals surface area contributed by atoms with Crippen molar-refractivity contribution in [3.8, 4) is 5.75 Å². The molecule has 0 saturated carbocycles. The number of anilines is 1. The summed E-state index contributed by atoms with van der Waals surface area (Å²) in [5.74, 6) is -2.96. The molecular formula is C15H11F4N3O5S. The number of nitrogens with two attached hydrogens (primary N) is 1. The zero-order valence-electron chi connectivity index (χ0n) is 13.6. The number of aromatic amines is 1. The van der Waals surface area contributed by atoms with Gasteiger partial charge in [-0.1, -0.05) is 0 Å². The fraction of sp³-hybridized carbons (Fsp3) is 0.0667. The van der Waals surface area contributed by atoms with Crippen LogP contribution in [0.2, 0.25) is 0 Å². The normalized spacial score (nSPS) is 11.6. The average molecular weight is 421 g/mol. The van der Waals surface area contributed by atoms with E-state index in [1.54, 1.807) is 6.07 Å². The molecule has 8 nitrogen and oxygen atoms in total. The van der Waals surface area contributed by atoms with Crippen molar-refractivity contribution in [3.05, 3.63) is 48.3 Å². The van der Waals surface area contributed by atoms with Crippen LogP contribution in [0.25, 0.3) is 11.0 Å². The van der Waals surface area contributed by atoms with E-state index in [4.69, 9.17) is 19.8 Å². The molecule has 28 heavy (non-hydrogen) atoms. The average Bonchev–Trinajstić information content (AvgIpc) is 2.94. The van der Waals surface area contributed by atoms with E-state index in [1.807, 2.05) is 0 Å². The summed E-state index contributed by atoms with van der Waals surface area (Å²) in [6.07, 6.45) is -5.08. The summed E-state index contributed by atoms with van der Waals surface area (Å²) in [5.41, 5.74) is 6.66. The number of rotatable bonds is 3. The number of H-pyrrole nitrogens is 1. The number of carboxylic acid groups (broad SMARTS) is 1. The van der Waals surface area contributed by atoms with Crippen molar-refractivity contribution in [2.45, 2.75) is 11.1 Å². The fourth-order valence-electron chi connectivity index (χ4n) is 1.83. The van der Waals surface area contributed by atoms with Gasteiger partial charge in [0.05, 0.1) is 11.0 Å². The molecule has 150 valence electrons. The van der Waals surface area contributed by atoms with E-state index in [0.717, 1.165) is 24.3 Å². The van der Waals surface area contributed by atoms with E-state index < -0.39 is 28.1 Å². The number of hydrogen-bond acceptors (Lipinski definition) is 6. The number of benzene rings is 2. The number of carboxylic acids is 1. The van der Waals surface area contributed by atoms with E-state index in [0.29, 0.717) is 11.0 Å². The van der Waals surface area contributed by atoms with Gasteiger partial charge in [0.15, 0.2) is 5.95 Å². The van der Waals surface area contributed by atoms with Crippen LogP contribution in [-0.2, 0) is 14.9 Å². The number of hydrogen-bond donors (Lipinski definition) is 3. The number of nitrogens with zero attached hydrogens (tertiary/aromatic N) is 1. The number of fused-ring (bicyclic) bond motifs is 1. The molecule has 2 aromatic carbocycles. The van der Waals surface area contributed by atoms with Gasteiger partial charge in [-0.2, -0.15) is 21.6 Å². The number of alkyl halides is 3. The zero-order valence-corrected chi connectivity index (χ0v) is 14.4. The minimum absolute atomic E-state index is 0.0957. The van der Waals surface area contributed by atoms with Crippen molar-refractivity contribution < 1.29 is 40.1 Å². The molecule has 0 fully saturated rings. The second-order valence-electron chi connectivity index (χ2n) is 5.10. The van der Waals surface area contributed by atoms with Gasteiger partial charge in [-0.15, -0.1) is 0 Å². The molecule has 3 rings (SSSR count). The molecule has 0 aliphatic rings. The lowest BCUT2D eigenvalue weighted by Crippen LogP contribution is -2.21. The Balaban J connectivity index is 0.000000345. The van der Waals surface area contributed by atoms with Gasteiger partial charge in [-0.3, -0.25) is 0 Å². The largest absolute Gasteiger partial charge is 0.490 e. The Morgan fingerprint density at radius 2 is 1.71 bits per heavy atom. The third-order valence-electron chi connectivity index (χ3n) is 3.02. The smallest absolute Gasteiger partial charge is 0.475 e. The second-order valence-corrected chi connectivity index (χ2v) is 6.64. The maximum Gasteiger partial charge on any atom is 0.490 e. The third-order valence-corrected chi connectivity index (χ3v) is 4.28. The highest BCUT2D eigenvalue weighted by Crippen LogP contribution is 2.23. The summed E-state index contributed by atoms with van der Waals surface area (Å²) in [5, 5.41) is 7.12. The van der Waals surface area contributed by atoms with Crippen LogP contribution in [0.15, 0.2) is 47.4 Å². The molecule has 13 heteroatoms. The van der Waals surface area contributed by atoms with E-state index >= 15 is 0 Å². The number of aliphatic carboxylic acids is 1. The van der Waals surface area contributed by atoms with Crippen molar-refractivity contribution in [2.75, 3.05) is 5.73 Å². The second kappa shape index (κ2) is 7.72. The summed E-state index contributed by atoms with van der Waals surface area (Å²) in [6.45, 7) is 0. The van der Waals surface area contributed by atoms with Gasteiger partial charge in [0.25, 0.3) is 0 Å². The zero-order chi connectivity index (χ0) is 21.1. The van der Waals surface area contributed by atoms with Gasteiger partial charge < -0.3 is 20.0 Å². The molecule has 1 aromatic heterocycles. The molecule has 0 amide bonds. The van der Waals surface area contributed by atoms with Crippen molar-refractivity contribution >= 4 is 33.1 Å². The van der Waals surface area contributed by atoms with Crippen molar-refractivity contribution in [3.63, 3.8) is 0 Å². The predicted octanol–water partition coefficient (Wildman–Crippen LogP) is 2.69. The highest BCUT2D eigenvalue weighted by molar-refractivity contribution is 7.87. The Kier molecular flexibility index (Phi) is 5.78. The Morgan fingerprint density at radius 3 is 2.25 bits per heavy atom. The summed E-state index contributed by atoms with van der Waals surface area (Å²) in [7, 11) is -4.03. The molecule has 0 atom stereocenters. The first-order valence-corrected chi connectivity index (χ1v) is 8.55. The van der Waals surface area contributed by atoms with E-state index in [1.165, 1.54) is 12.1 Å². The number of carbonyl (C=O) groups is 1. The van der Waals surface area contributed by atoms with E-state index in [2.05, 4.69) is 9.97 Å². The standard InChI is InChI=1S/C13H10FN3O3S.C2HF3O2/c14-8-1-4-10(5-2-8)21(18,19)20-9-3-6-11-12(7-9)17-13(15)16-11;3-2(4,5)1(6)7/h1-7H,(H3,15,16,17);(H,6,7). The topological polar surface area (TPSA) is 135 Å². The lowest BCUT2D eigenvalue weighted by molar-refractivity contribution is -0.192. The van der Waals surface area contributed by atoms with Crippen LogP contribution < -0.4 is 9.92 Å². The summed E-state index contributed by atoms with van der Waals surface area (Å²) >= 11 is 0. The number of nitrogens with one attached hydrogen (secondary N) is 1. The first-order valence-electron chi connectivity index (χ1n) is 7.14. The Labute approximate surface area is 154 Å². The van der Waals surface area contributed by atoms with Crippen LogP contribution in [0.1, 0.15) is 0 Å². The first-order chi connectivity index (χ1) is 12.9. The number of aromatic nitrogens is 2. The molecule has 0 bridgehead atoms. The lowest BCUT2D eigenvalue weighted by Gasteiger charge is -2.06. The summed E-state index contributed by atoms with van der Waals surface area (Å²) < 4.78 is 73.7. The van der Waals surface area contributed by atoms with Crippen LogP contribution in [0.3, 0.4) is 0 Å². The van der Waals surface area contributed by atoms with Gasteiger partial charge >= 0.3 is 22.3 Å². The first kappa shape index (κ1) is 21.0. The molecular weight excluding hydrogens is 410 g/mol. The van der Waals surface area contributed by atoms with Gasteiger partial charge in [0, 0.05) is 6.07 Å². The van der Waals surface area contributed by atoms with Gasteiger partial charge in [-0.25, -0.2) is 14.2 Å². The fourth-order valence-corrected chi connectivity index (χ4v) is 2.76. The molecule has 3 aromatic rings. The van der Waals surface area contributed by atoms with Crippen LogP contribution in [-0.4, -0.2) is 35.6 Å². The van der Waals surface area contributed by atoms with Crippen LogP contribution in [0.5, 0.6) is 5.75 Å². The van der Waals surface area contributed by atoms with Crippen molar-refractivity contribution in [1.29, 1.82) is 0 Å². The Morgan fingerprint density at radius 1 is 1.14 bits per heavy atom. The molecule has 0 saturated heterocycles. The maximum atomic E-state index is 12.8. The van der Waals surface area contributed by atoms with Gasteiger partial charge in [-0.05, 0) is 36.4 Å². The van der Waals surface area contributed by atoms with E-state index in [-0.39, 0.29) is 16.6 Å². The number of halogens is 4. The van der Waals surface area contributed by atoms with Crippen molar-refractivity contribution in [1.82, 2.24) is 9.97 Å². The molecule has 0 spiro atoms. The predicted molar refractivity (Wildman–Crippen MR) is 88.4 cm³/mol. The molecule has 0 radical (unpaired) electrons. The summed E-state index contributed by atoms with van der Waals surface area (Å²) in [6, 6.07) is 8.89. The minimum atomic E-state index is -5.08. The highest BCUT2D eigenvalue weighted by Gasteiger charge is 2.38. The quantitative estimate of drug-likeness (QED) is 0.437. The molecule has 1 heterocycles. The number of nitrogen functional groups attached to an aromatic ring is 1. The molecule has 4 N–H and O–H groups in total. The van der Waals surface area contributed by atoms with E-state index in [9.17, 15) is 26.0 Å². The molecule has 0 aliphatic carbocycles. The highest BCUT2D eigenvalue weighted by atomic mass is 32.2. The SMILES string of the molecule is Nc1nc2cc(OS(=O)(=O)c3ccc(F)cc3)ccc2[nH]1.O=C(O)C(F)(F)F. The molecule has 0 aliphatic heterocycles.